The highest BCUT2D eigenvalue weighted by Gasteiger charge is 2.38. The highest BCUT2D eigenvalue weighted by atomic mass is 35.5. The molecular formula is C23H35Cl2N3O4. The molecule has 2 atom stereocenters. The molecule has 2 aliphatic heterocycles. The summed E-state index contributed by atoms with van der Waals surface area (Å²) in [5, 5.41) is 12.3. The standard InChI is InChI=1S/C23H34ClN3O4.ClH/c1-31-21-14-20(25)19(24)13-18(21)23(30)26-15-11-16-7-6-8-17(12-15)27(16)10-5-3-2-4-9-22(28)29;/h13-17H,2-12,25H2,1H3,(H,26,30)(H,28,29);1H. The van der Waals surface area contributed by atoms with E-state index in [0.717, 1.165) is 45.1 Å². The van der Waals surface area contributed by atoms with E-state index < -0.39 is 5.97 Å². The van der Waals surface area contributed by atoms with Gasteiger partial charge in [-0.05, 0) is 51.1 Å². The molecule has 1 amide bonds. The normalized spacial score (nSPS) is 22.6. The Morgan fingerprint density at radius 2 is 1.84 bits per heavy atom. The largest absolute Gasteiger partial charge is 0.496 e. The van der Waals surface area contributed by atoms with Gasteiger partial charge in [0.25, 0.3) is 5.91 Å². The number of nitrogens with one attached hydrogen (secondary N) is 1. The summed E-state index contributed by atoms with van der Waals surface area (Å²) in [4.78, 5) is 26.2. The molecule has 0 aromatic heterocycles. The van der Waals surface area contributed by atoms with Gasteiger partial charge < -0.3 is 20.9 Å². The number of carbonyl (C=O) groups excluding carboxylic acids is 1. The third kappa shape index (κ3) is 6.90. The van der Waals surface area contributed by atoms with Crippen LogP contribution in [0.1, 0.15) is 74.6 Å². The van der Waals surface area contributed by atoms with Gasteiger partial charge in [-0.15, -0.1) is 12.4 Å². The molecule has 180 valence electrons. The van der Waals surface area contributed by atoms with Crippen LogP contribution in [0.5, 0.6) is 5.75 Å². The Labute approximate surface area is 201 Å². The van der Waals surface area contributed by atoms with Crippen LogP contribution < -0.4 is 15.8 Å². The maximum Gasteiger partial charge on any atom is 0.303 e. The fourth-order valence-electron chi connectivity index (χ4n) is 5.06. The van der Waals surface area contributed by atoms with Gasteiger partial charge in [-0.1, -0.05) is 30.9 Å². The SMILES string of the molecule is COc1cc(N)c(Cl)cc1C(=O)NC1CC2CCCC(C1)N2CCCCCCC(=O)O.Cl. The molecule has 2 fully saturated rings. The first-order chi connectivity index (χ1) is 14.9. The zero-order valence-electron chi connectivity index (χ0n) is 18.6. The second-order valence-electron chi connectivity index (χ2n) is 8.75. The van der Waals surface area contributed by atoms with Gasteiger partial charge in [0.15, 0.2) is 0 Å². The number of carboxylic acid groups (broad SMARTS) is 1. The number of nitrogen functional groups attached to an aromatic ring is 1. The number of carboxylic acids is 1. The molecule has 0 saturated carbocycles. The minimum Gasteiger partial charge on any atom is -0.496 e. The molecule has 0 radical (unpaired) electrons. The molecule has 2 bridgehead atoms. The molecule has 4 N–H and O–H groups in total. The fourth-order valence-corrected chi connectivity index (χ4v) is 5.23. The number of unbranched alkanes of at least 4 members (excludes halogenated alkanes) is 3. The Bertz CT molecular complexity index is 779. The van der Waals surface area contributed by atoms with E-state index in [0.29, 0.717) is 34.1 Å². The van der Waals surface area contributed by atoms with Gasteiger partial charge in [0.1, 0.15) is 5.75 Å². The number of rotatable bonds is 10. The Balaban J connectivity index is 0.00000363. The number of hydrogen-bond acceptors (Lipinski definition) is 5. The highest BCUT2D eigenvalue weighted by molar-refractivity contribution is 6.33. The smallest absolute Gasteiger partial charge is 0.303 e. The Morgan fingerprint density at radius 1 is 1.19 bits per heavy atom. The van der Waals surface area contributed by atoms with Crippen LogP contribution in [0.2, 0.25) is 5.02 Å². The van der Waals surface area contributed by atoms with E-state index in [1.807, 2.05) is 0 Å². The monoisotopic (exact) mass is 487 g/mol. The van der Waals surface area contributed by atoms with Crippen LogP contribution in [-0.2, 0) is 4.79 Å². The molecule has 0 aliphatic carbocycles. The minimum absolute atomic E-state index is 0. The van der Waals surface area contributed by atoms with Gasteiger partial charge in [0.2, 0.25) is 0 Å². The number of anilines is 1. The summed E-state index contributed by atoms with van der Waals surface area (Å²) in [6.45, 7) is 1.06. The van der Waals surface area contributed by atoms with Crippen LogP contribution in [0.4, 0.5) is 5.69 Å². The summed E-state index contributed by atoms with van der Waals surface area (Å²) in [7, 11) is 1.52. The van der Waals surface area contributed by atoms with Gasteiger partial charge in [0.05, 0.1) is 23.4 Å². The number of benzene rings is 1. The first-order valence-electron chi connectivity index (χ1n) is 11.3. The first kappa shape index (κ1) is 26.6. The van der Waals surface area contributed by atoms with E-state index in [1.165, 1.54) is 26.4 Å². The van der Waals surface area contributed by atoms with E-state index >= 15 is 0 Å². The third-order valence-electron chi connectivity index (χ3n) is 6.58. The topological polar surface area (TPSA) is 105 Å². The van der Waals surface area contributed by atoms with Gasteiger partial charge in [-0.2, -0.15) is 0 Å². The van der Waals surface area contributed by atoms with Gasteiger partial charge in [-0.25, -0.2) is 0 Å². The van der Waals surface area contributed by atoms with Crippen molar-refractivity contribution in [2.24, 2.45) is 0 Å². The van der Waals surface area contributed by atoms with Gasteiger partial charge in [-0.3, -0.25) is 14.5 Å². The molecule has 0 spiro atoms. The average Bonchev–Trinajstić information content (AvgIpc) is 2.72. The van der Waals surface area contributed by atoms with Crippen molar-refractivity contribution < 1.29 is 19.4 Å². The lowest BCUT2D eigenvalue weighted by Gasteiger charge is -2.49. The van der Waals surface area contributed by atoms with Crippen molar-refractivity contribution in [2.75, 3.05) is 19.4 Å². The maximum atomic E-state index is 12.9. The van der Waals surface area contributed by atoms with E-state index in [9.17, 15) is 9.59 Å². The lowest BCUT2D eigenvalue weighted by atomic mass is 9.81. The second-order valence-corrected chi connectivity index (χ2v) is 9.16. The Kier molecular flexibility index (Phi) is 10.4. The minimum atomic E-state index is -0.711. The molecule has 3 rings (SSSR count). The summed E-state index contributed by atoms with van der Waals surface area (Å²) < 4.78 is 5.33. The maximum absolute atomic E-state index is 12.9. The van der Waals surface area contributed by atoms with Crippen LogP contribution in [0.15, 0.2) is 12.1 Å². The summed E-state index contributed by atoms with van der Waals surface area (Å²) >= 11 is 6.13. The molecule has 2 heterocycles. The predicted molar refractivity (Wildman–Crippen MR) is 129 cm³/mol. The van der Waals surface area contributed by atoms with E-state index in [1.54, 1.807) is 12.1 Å². The number of ether oxygens (including phenoxy) is 1. The lowest BCUT2D eigenvalue weighted by Crippen LogP contribution is -2.57. The van der Waals surface area contributed by atoms with Crippen molar-refractivity contribution in [1.29, 1.82) is 0 Å². The number of methoxy groups -OCH3 is 1. The zero-order chi connectivity index (χ0) is 22.4. The quantitative estimate of drug-likeness (QED) is 0.331. The fraction of sp³-hybridized carbons (Fsp3) is 0.652. The molecule has 9 heteroatoms. The molecule has 32 heavy (non-hydrogen) atoms. The molecule has 2 unspecified atom stereocenters. The van der Waals surface area contributed by atoms with Crippen molar-refractivity contribution in [3.8, 4) is 5.75 Å². The number of aliphatic carboxylic acids is 1. The number of piperidine rings is 2. The van der Waals surface area contributed by atoms with Crippen LogP contribution in [0.25, 0.3) is 0 Å². The van der Waals surface area contributed by atoms with Crippen molar-refractivity contribution in [3.05, 3.63) is 22.7 Å². The molecule has 1 aromatic rings. The molecule has 2 saturated heterocycles. The number of amides is 1. The predicted octanol–water partition coefficient (Wildman–Crippen LogP) is 4.50. The van der Waals surface area contributed by atoms with Crippen molar-refractivity contribution in [1.82, 2.24) is 10.2 Å². The number of nitrogens with two attached hydrogens (primary N) is 1. The first-order valence-corrected chi connectivity index (χ1v) is 11.7. The highest BCUT2D eigenvalue weighted by Crippen LogP contribution is 2.35. The summed E-state index contributed by atoms with van der Waals surface area (Å²) in [5.74, 6) is -0.453. The number of halogens is 2. The van der Waals surface area contributed by atoms with Crippen LogP contribution >= 0.6 is 24.0 Å². The van der Waals surface area contributed by atoms with Crippen LogP contribution in [0.3, 0.4) is 0 Å². The average molecular weight is 488 g/mol. The number of nitrogens with zero attached hydrogens (tertiary/aromatic N) is 1. The number of fused-ring (bicyclic) bond motifs is 2. The van der Waals surface area contributed by atoms with E-state index in [4.69, 9.17) is 27.2 Å². The zero-order valence-corrected chi connectivity index (χ0v) is 20.2. The molecular weight excluding hydrogens is 453 g/mol. The van der Waals surface area contributed by atoms with Crippen molar-refractivity contribution in [2.45, 2.75) is 82.3 Å². The summed E-state index contributed by atoms with van der Waals surface area (Å²) in [5.41, 5.74) is 6.63. The summed E-state index contributed by atoms with van der Waals surface area (Å²) in [6, 6.07) is 4.29. The number of carbonyl (C=O) groups is 2. The van der Waals surface area contributed by atoms with Crippen molar-refractivity contribution >= 4 is 41.6 Å². The Morgan fingerprint density at radius 3 is 2.47 bits per heavy atom. The third-order valence-corrected chi connectivity index (χ3v) is 6.91. The second kappa shape index (κ2) is 12.5. The van der Waals surface area contributed by atoms with Crippen LogP contribution in [-0.4, -0.2) is 53.7 Å². The number of hydrogen-bond donors (Lipinski definition) is 3. The van der Waals surface area contributed by atoms with E-state index in [-0.39, 0.29) is 30.8 Å². The van der Waals surface area contributed by atoms with Crippen LogP contribution in [0, 0.1) is 0 Å². The lowest BCUT2D eigenvalue weighted by molar-refractivity contribution is -0.137. The molecule has 1 aromatic carbocycles. The Hall–Kier alpha value is -1.70. The summed E-state index contributed by atoms with van der Waals surface area (Å²) in [6.07, 6.45) is 9.64. The van der Waals surface area contributed by atoms with Crippen molar-refractivity contribution in [3.63, 3.8) is 0 Å². The van der Waals surface area contributed by atoms with Gasteiger partial charge in [0, 0.05) is 30.6 Å². The van der Waals surface area contributed by atoms with Gasteiger partial charge >= 0.3 is 5.97 Å². The van der Waals surface area contributed by atoms with E-state index in [2.05, 4.69) is 10.2 Å². The molecule has 2 aliphatic rings. The molecule has 7 nitrogen and oxygen atoms in total.